The molecule has 0 aliphatic carbocycles. The predicted molar refractivity (Wildman–Crippen MR) is 81.0 cm³/mol. The molecule has 0 spiro atoms. The van der Waals surface area contributed by atoms with E-state index in [0.717, 1.165) is 30.2 Å². The van der Waals surface area contributed by atoms with Gasteiger partial charge in [-0.15, -0.1) is 0 Å². The topological polar surface area (TPSA) is 30.5 Å². The van der Waals surface area contributed by atoms with Crippen LogP contribution in [0.3, 0.4) is 0 Å². The molecule has 3 nitrogen and oxygen atoms in total. The second-order valence-electron chi connectivity index (χ2n) is 4.36. The van der Waals surface area contributed by atoms with Crippen LogP contribution < -0.4 is 14.8 Å². The zero-order chi connectivity index (χ0) is 13.9. The van der Waals surface area contributed by atoms with Crippen molar-refractivity contribution in [1.29, 1.82) is 0 Å². The molecule has 1 aromatic carbocycles. The van der Waals surface area contributed by atoms with E-state index in [4.69, 9.17) is 9.47 Å². The van der Waals surface area contributed by atoms with Gasteiger partial charge in [-0.2, -0.15) is 0 Å². The van der Waals surface area contributed by atoms with Gasteiger partial charge in [0.15, 0.2) is 11.5 Å². The van der Waals surface area contributed by atoms with E-state index in [1.54, 1.807) is 7.11 Å². The minimum atomic E-state index is 0.656. The maximum Gasteiger partial charge on any atom is 0.161 e. The third kappa shape index (κ3) is 5.79. The van der Waals surface area contributed by atoms with Crippen LogP contribution in [0.1, 0.15) is 32.3 Å². The number of hydrogen-bond donors (Lipinski definition) is 1. The van der Waals surface area contributed by atoms with Crippen molar-refractivity contribution in [1.82, 2.24) is 5.32 Å². The van der Waals surface area contributed by atoms with Gasteiger partial charge in [0.25, 0.3) is 0 Å². The van der Waals surface area contributed by atoms with Crippen LogP contribution in [-0.2, 0) is 0 Å². The van der Waals surface area contributed by atoms with Crippen LogP contribution in [0.2, 0.25) is 0 Å². The number of unbranched alkanes of at least 4 members (excludes halogenated alkanes) is 1. The Morgan fingerprint density at radius 3 is 2.74 bits per heavy atom. The van der Waals surface area contributed by atoms with E-state index in [2.05, 4.69) is 12.2 Å². The minimum Gasteiger partial charge on any atom is -0.493 e. The maximum atomic E-state index is 5.73. The summed E-state index contributed by atoms with van der Waals surface area (Å²) in [5.41, 5.74) is 1.12. The summed E-state index contributed by atoms with van der Waals surface area (Å²) in [6.07, 6.45) is 6.47. The number of benzene rings is 1. The number of nitrogens with one attached hydrogen (secondary N) is 1. The summed E-state index contributed by atoms with van der Waals surface area (Å²) >= 11 is 0. The van der Waals surface area contributed by atoms with Crippen LogP contribution in [0.4, 0.5) is 0 Å². The van der Waals surface area contributed by atoms with Crippen molar-refractivity contribution in [3.63, 3.8) is 0 Å². The number of ether oxygens (including phenoxy) is 2. The average Bonchev–Trinajstić information content (AvgIpc) is 2.44. The molecular formula is C16H25NO2. The molecule has 0 aromatic heterocycles. The zero-order valence-corrected chi connectivity index (χ0v) is 12.2. The third-order valence-corrected chi connectivity index (χ3v) is 2.79. The molecular weight excluding hydrogens is 238 g/mol. The van der Waals surface area contributed by atoms with Crippen molar-refractivity contribution in [2.24, 2.45) is 0 Å². The highest BCUT2D eigenvalue weighted by molar-refractivity contribution is 5.55. The van der Waals surface area contributed by atoms with Crippen molar-refractivity contribution in [3.05, 3.63) is 29.8 Å². The van der Waals surface area contributed by atoms with Crippen molar-refractivity contribution in [2.45, 2.75) is 26.7 Å². The number of allylic oxidation sites excluding steroid dienone is 1. The first-order chi connectivity index (χ1) is 9.31. The van der Waals surface area contributed by atoms with Gasteiger partial charge in [-0.3, -0.25) is 0 Å². The van der Waals surface area contributed by atoms with Crippen molar-refractivity contribution >= 4 is 6.08 Å². The Kier molecular flexibility index (Phi) is 7.75. The van der Waals surface area contributed by atoms with Crippen molar-refractivity contribution < 1.29 is 9.47 Å². The first-order valence-corrected chi connectivity index (χ1v) is 6.96. The summed E-state index contributed by atoms with van der Waals surface area (Å²) in [6.45, 7) is 6.76. The highest BCUT2D eigenvalue weighted by atomic mass is 16.5. The molecule has 0 saturated heterocycles. The fourth-order valence-electron chi connectivity index (χ4n) is 1.76. The SMILES string of the molecule is CC=Cc1ccc(OCCNCCCC)c(OC)c1. The maximum absolute atomic E-state index is 5.73. The van der Waals surface area contributed by atoms with Gasteiger partial charge in [-0.1, -0.05) is 31.6 Å². The van der Waals surface area contributed by atoms with E-state index in [1.165, 1.54) is 12.8 Å². The van der Waals surface area contributed by atoms with Gasteiger partial charge < -0.3 is 14.8 Å². The van der Waals surface area contributed by atoms with Crippen LogP contribution in [0.15, 0.2) is 24.3 Å². The van der Waals surface area contributed by atoms with Gasteiger partial charge in [-0.25, -0.2) is 0 Å². The molecule has 0 bridgehead atoms. The molecule has 1 rings (SSSR count). The molecule has 0 aliphatic rings. The normalized spacial score (nSPS) is 10.9. The predicted octanol–water partition coefficient (Wildman–Crippen LogP) is 3.50. The Hall–Kier alpha value is -1.48. The molecule has 0 aliphatic heterocycles. The molecule has 0 amide bonds. The van der Waals surface area contributed by atoms with Crippen molar-refractivity contribution in [2.75, 3.05) is 26.8 Å². The Labute approximate surface area is 116 Å². The van der Waals surface area contributed by atoms with Crippen LogP contribution in [0.25, 0.3) is 6.08 Å². The molecule has 0 atom stereocenters. The lowest BCUT2D eigenvalue weighted by atomic mass is 10.2. The number of hydrogen-bond acceptors (Lipinski definition) is 3. The van der Waals surface area contributed by atoms with Crippen LogP contribution >= 0.6 is 0 Å². The monoisotopic (exact) mass is 263 g/mol. The smallest absolute Gasteiger partial charge is 0.161 e. The summed E-state index contributed by atoms with van der Waals surface area (Å²) in [5.74, 6) is 1.58. The second-order valence-corrected chi connectivity index (χ2v) is 4.36. The lowest BCUT2D eigenvalue weighted by Gasteiger charge is -2.11. The lowest BCUT2D eigenvalue weighted by Crippen LogP contribution is -2.22. The molecule has 19 heavy (non-hydrogen) atoms. The first kappa shape index (κ1) is 15.6. The molecule has 106 valence electrons. The Balaban J connectivity index is 2.44. The molecule has 0 radical (unpaired) electrons. The van der Waals surface area contributed by atoms with Gasteiger partial charge in [0.2, 0.25) is 0 Å². The molecule has 1 aromatic rings. The molecule has 0 heterocycles. The Morgan fingerprint density at radius 2 is 2.05 bits per heavy atom. The fraction of sp³-hybridized carbons (Fsp3) is 0.500. The van der Waals surface area contributed by atoms with Crippen LogP contribution in [0, 0.1) is 0 Å². The summed E-state index contributed by atoms with van der Waals surface area (Å²) in [5, 5.41) is 3.35. The molecule has 1 N–H and O–H groups in total. The summed E-state index contributed by atoms with van der Waals surface area (Å²) in [7, 11) is 1.67. The summed E-state index contributed by atoms with van der Waals surface area (Å²) in [4.78, 5) is 0. The molecule has 0 saturated carbocycles. The Morgan fingerprint density at radius 1 is 1.21 bits per heavy atom. The Bertz CT molecular complexity index is 388. The fourth-order valence-corrected chi connectivity index (χ4v) is 1.76. The van der Waals surface area contributed by atoms with E-state index < -0.39 is 0 Å². The minimum absolute atomic E-state index is 0.656. The van der Waals surface area contributed by atoms with E-state index in [-0.39, 0.29) is 0 Å². The van der Waals surface area contributed by atoms with E-state index in [1.807, 2.05) is 37.3 Å². The van der Waals surface area contributed by atoms with E-state index >= 15 is 0 Å². The summed E-state index contributed by atoms with van der Waals surface area (Å²) < 4.78 is 11.1. The standard InChI is InChI=1S/C16H25NO2/c1-4-6-10-17-11-12-19-15-9-8-14(7-5-2)13-16(15)18-3/h5,7-9,13,17H,4,6,10-12H2,1-3H3. The number of rotatable bonds is 9. The highest BCUT2D eigenvalue weighted by Gasteiger charge is 2.04. The van der Waals surface area contributed by atoms with Gasteiger partial charge in [-0.05, 0) is 37.6 Å². The van der Waals surface area contributed by atoms with Gasteiger partial charge in [0.05, 0.1) is 7.11 Å². The average molecular weight is 263 g/mol. The van der Waals surface area contributed by atoms with Gasteiger partial charge >= 0.3 is 0 Å². The largest absolute Gasteiger partial charge is 0.493 e. The van der Waals surface area contributed by atoms with Crippen LogP contribution in [-0.4, -0.2) is 26.8 Å². The highest BCUT2D eigenvalue weighted by Crippen LogP contribution is 2.28. The van der Waals surface area contributed by atoms with Crippen LogP contribution in [0.5, 0.6) is 11.5 Å². The zero-order valence-electron chi connectivity index (χ0n) is 12.2. The third-order valence-electron chi connectivity index (χ3n) is 2.79. The number of methoxy groups -OCH3 is 1. The van der Waals surface area contributed by atoms with Gasteiger partial charge in [0, 0.05) is 6.54 Å². The molecule has 0 unspecified atom stereocenters. The van der Waals surface area contributed by atoms with E-state index in [9.17, 15) is 0 Å². The lowest BCUT2D eigenvalue weighted by molar-refractivity contribution is 0.292. The molecule has 0 fully saturated rings. The first-order valence-electron chi connectivity index (χ1n) is 6.96. The van der Waals surface area contributed by atoms with E-state index in [0.29, 0.717) is 6.61 Å². The van der Waals surface area contributed by atoms with Crippen molar-refractivity contribution in [3.8, 4) is 11.5 Å². The quantitative estimate of drug-likeness (QED) is 0.692. The second kappa shape index (κ2) is 9.45. The molecule has 3 heteroatoms. The van der Waals surface area contributed by atoms with Gasteiger partial charge in [0.1, 0.15) is 6.61 Å². The summed E-state index contributed by atoms with van der Waals surface area (Å²) in [6, 6.07) is 5.97.